The summed E-state index contributed by atoms with van der Waals surface area (Å²) in [5.41, 5.74) is 1.62. The molecular weight excluding hydrogens is 428 g/mol. The predicted octanol–water partition coefficient (Wildman–Crippen LogP) is 3.81. The van der Waals surface area contributed by atoms with Crippen molar-refractivity contribution in [3.05, 3.63) is 74.6 Å². The Morgan fingerprint density at radius 2 is 1.36 bits per heavy atom. The quantitative estimate of drug-likeness (QED) is 0.451. The third-order valence-corrected chi connectivity index (χ3v) is 5.16. The fourth-order valence-corrected chi connectivity index (χ4v) is 3.62. The van der Waals surface area contributed by atoms with Crippen molar-refractivity contribution in [2.75, 3.05) is 35.5 Å². The van der Waals surface area contributed by atoms with Crippen LogP contribution in [0.3, 0.4) is 0 Å². The summed E-state index contributed by atoms with van der Waals surface area (Å²) >= 11 is 0. The summed E-state index contributed by atoms with van der Waals surface area (Å²) in [7, 11) is 7.43. The van der Waals surface area contributed by atoms with Crippen LogP contribution >= 0.6 is 0 Å². The number of benzene rings is 2. The van der Waals surface area contributed by atoms with E-state index in [1.54, 1.807) is 38.3 Å². The van der Waals surface area contributed by atoms with Gasteiger partial charge in [0.05, 0.1) is 52.7 Å². The molecule has 1 heterocycles. The van der Waals surface area contributed by atoms with E-state index >= 15 is 0 Å². The Kier molecular flexibility index (Phi) is 7.27. The van der Waals surface area contributed by atoms with Gasteiger partial charge in [0.15, 0.2) is 5.43 Å². The Balaban J connectivity index is 2.22. The molecule has 33 heavy (non-hydrogen) atoms. The van der Waals surface area contributed by atoms with Gasteiger partial charge >= 0.3 is 0 Å². The summed E-state index contributed by atoms with van der Waals surface area (Å²) < 4.78 is 32.4. The summed E-state index contributed by atoms with van der Waals surface area (Å²) in [5.74, 6) is 1.83. The van der Waals surface area contributed by atoms with Crippen molar-refractivity contribution in [3.63, 3.8) is 0 Å². The Labute approximate surface area is 191 Å². The molecule has 174 valence electrons. The fraction of sp³-hybridized carbons (Fsp3) is 0.280. The third kappa shape index (κ3) is 4.95. The molecule has 0 fully saturated rings. The highest BCUT2D eigenvalue weighted by Crippen LogP contribution is 2.36. The van der Waals surface area contributed by atoms with Crippen LogP contribution in [0.4, 0.5) is 0 Å². The monoisotopic (exact) mass is 454 g/mol. The van der Waals surface area contributed by atoms with E-state index in [2.05, 4.69) is 0 Å². The molecule has 0 N–H and O–H groups in total. The van der Waals surface area contributed by atoms with Crippen LogP contribution in [-0.4, -0.2) is 41.3 Å². The van der Waals surface area contributed by atoms with E-state index in [1.807, 2.05) is 0 Å². The first-order valence-electron chi connectivity index (χ1n) is 10.0. The molecule has 8 nitrogen and oxygen atoms in total. The van der Waals surface area contributed by atoms with Gasteiger partial charge in [0.25, 0.3) is 5.95 Å². The number of carbonyl (C=O) groups excluding carboxylic acids is 1. The van der Waals surface area contributed by atoms with Crippen molar-refractivity contribution in [1.29, 1.82) is 0 Å². The summed E-state index contributed by atoms with van der Waals surface area (Å²) in [4.78, 5) is 25.9. The van der Waals surface area contributed by atoms with Crippen molar-refractivity contribution >= 4 is 5.78 Å². The molecule has 0 unspecified atom stereocenters. The minimum absolute atomic E-state index is 0.0768. The number of hydrogen-bond donors (Lipinski definition) is 0. The lowest BCUT2D eigenvalue weighted by molar-refractivity contribution is 0.103. The standard InChI is InChI=1S/C25H26O8/c1-14-7-17(28-2)12-20(30-4)23(14)25(27)24-15(8-18(29-3)13-21(24)31-5)9-19-10-16(26)11-22(32-6)33-19/h7-8,10-13H,9H2,1-6H3. The normalized spacial score (nSPS) is 10.5. The summed E-state index contributed by atoms with van der Waals surface area (Å²) in [6, 6.07) is 9.34. The second-order valence-corrected chi connectivity index (χ2v) is 7.17. The number of methoxy groups -OCH3 is 5. The zero-order valence-corrected chi connectivity index (χ0v) is 19.4. The molecule has 0 radical (unpaired) electrons. The molecule has 3 aromatic rings. The van der Waals surface area contributed by atoms with Crippen LogP contribution in [0.25, 0.3) is 0 Å². The minimum atomic E-state index is -0.313. The first-order valence-corrected chi connectivity index (χ1v) is 10.0. The summed E-state index contributed by atoms with van der Waals surface area (Å²) in [6.45, 7) is 1.80. The average Bonchev–Trinajstić information content (AvgIpc) is 2.81. The molecule has 0 amide bonds. The van der Waals surface area contributed by atoms with Crippen molar-refractivity contribution in [2.45, 2.75) is 13.3 Å². The third-order valence-electron chi connectivity index (χ3n) is 5.16. The second-order valence-electron chi connectivity index (χ2n) is 7.17. The van der Waals surface area contributed by atoms with Gasteiger partial charge in [-0.25, -0.2) is 0 Å². The maximum absolute atomic E-state index is 13.9. The molecular formula is C25H26O8. The lowest BCUT2D eigenvalue weighted by Crippen LogP contribution is -2.12. The van der Waals surface area contributed by atoms with E-state index in [1.165, 1.54) is 40.6 Å². The van der Waals surface area contributed by atoms with Gasteiger partial charge in [-0.05, 0) is 30.2 Å². The Morgan fingerprint density at radius 3 is 1.94 bits per heavy atom. The smallest absolute Gasteiger partial charge is 0.288 e. The van der Waals surface area contributed by atoms with E-state index in [0.29, 0.717) is 51.0 Å². The number of hydrogen-bond acceptors (Lipinski definition) is 8. The number of aryl methyl sites for hydroxylation is 1. The van der Waals surface area contributed by atoms with Crippen molar-refractivity contribution in [3.8, 4) is 28.9 Å². The second kappa shape index (κ2) is 10.1. The van der Waals surface area contributed by atoms with Gasteiger partial charge in [-0.2, -0.15) is 0 Å². The van der Waals surface area contributed by atoms with Crippen LogP contribution in [0.5, 0.6) is 28.9 Å². The Bertz CT molecular complexity index is 1230. The first kappa shape index (κ1) is 23.7. The van der Waals surface area contributed by atoms with Crippen LogP contribution in [-0.2, 0) is 6.42 Å². The molecule has 0 bridgehead atoms. The zero-order chi connectivity index (χ0) is 24.1. The van der Waals surface area contributed by atoms with Crippen LogP contribution in [0.2, 0.25) is 0 Å². The van der Waals surface area contributed by atoms with E-state index in [-0.39, 0.29) is 23.6 Å². The SMILES string of the molecule is COc1cc(C)c(C(=O)c2c(Cc3cc(=O)cc(OC)o3)cc(OC)cc2OC)c(OC)c1. The van der Waals surface area contributed by atoms with Crippen molar-refractivity contribution in [2.24, 2.45) is 0 Å². The number of carbonyl (C=O) groups is 1. The maximum atomic E-state index is 13.9. The molecule has 2 aromatic carbocycles. The van der Waals surface area contributed by atoms with Gasteiger partial charge in [0.1, 0.15) is 28.8 Å². The van der Waals surface area contributed by atoms with Gasteiger partial charge in [0, 0.05) is 24.6 Å². The number of ether oxygens (including phenoxy) is 5. The van der Waals surface area contributed by atoms with Gasteiger partial charge in [0.2, 0.25) is 5.78 Å². The molecule has 3 rings (SSSR count). The van der Waals surface area contributed by atoms with Crippen LogP contribution in [0.15, 0.2) is 45.6 Å². The molecule has 0 spiro atoms. The van der Waals surface area contributed by atoms with E-state index in [0.717, 1.165) is 0 Å². The van der Waals surface area contributed by atoms with Crippen LogP contribution in [0.1, 0.15) is 32.8 Å². The molecule has 0 aliphatic carbocycles. The minimum Gasteiger partial charge on any atom is -0.497 e. The molecule has 0 atom stereocenters. The van der Waals surface area contributed by atoms with Gasteiger partial charge in [-0.15, -0.1) is 0 Å². The largest absolute Gasteiger partial charge is 0.497 e. The Morgan fingerprint density at radius 1 is 0.758 bits per heavy atom. The first-order chi connectivity index (χ1) is 15.8. The molecule has 0 saturated carbocycles. The van der Waals surface area contributed by atoms with Gasteiger partial charge in [-0.1, -0.05) is 0 Å². The highest BCUT2D eigenvalue weighted by atomic mass is 16.6. The molecule has 0 saturated heterocycles. The molecule has 1 aromatic heterocycles. The van der Waals surface area contributed by atoms with Crippen LogP contribution < -0.4 is 29.1 Å². The van der Waals surface area contributed by atoms with E-state index < -0.39 is 0 Å². The van der Waals surface area contributed by atoms with Crippen molar-refractivity contribution < 1.29 is 32.9 Å². The Hall–Kier alpha value is -3.94. The lowest BCUT2D eigenvalue weighted by Gasteiger charge is -2.18. The van der Waals surface area contributed by atoms with E-state index in [4.69, 9.17) is 28.1 Å². The highest BCUT2D eigenvalue weighted by molar-refractivity contribution is 6.14. The lowest BCUT2D eigenvalue weighted by atomic mass is 9.91. The van der Waals surface area contributed by atoms with Gasteiger partial charge in [-0.3, -0.25) is 9.59 Å². The molecule has 0 aliphatic rings. The summed E-state index contributed by atoms with van der Waals surface area (Å²) in [6.07, 6.45) is 0.124. The predicted molar refractivity (Wildman–Crippen MR) is 122 cm³/mol. The van der Waals surface area contributed by atoms with Gasteiger partial charge < -0.3 is 28.1 Å². The maximum Gasteiger partial charge on any atom is 0.288 e. The van der Waals surface area contributed by atoms with Crippen LogP contribution in [0, 0.1) is 6.92 Å². The number of ketones is 1. The van der Waals surface area contributed by atoms with E-state index in [9.17, 15) is 9.59 Å². The number of rotatable bonds is 9. The fourth-order valence-electron chi connectivity index (χ4n) is 3.62. The molecule has 8 heteroatoms. The zero-order valence-electron chi connectivity index (χ0n) is 19.4. The van der Waals surface area contributed by atoms with Crippen molar-refractivity contribution in [1.82, 2.24) is 0 Å². The molecule has 0 aliphatic heterocycles. The topological polar surface area (TPSA) is 93.4 Å². The average molecular weight is 454 g/mol. The highest BCUT2D eigenvalue weighted by Gasteiger charge is 2.26. The summed E-state index contributed by atoms with van der Waals surface area (Å²) in [5, 5.41) is 0.